The third kappa shape index (κ3) is 3.18. The average Bonchev–Trinajstić information content (AvgIpc) is 2.29. The Balaban J connectivity index is 2.30. The Bertz CT molecular complexity index is 543. The van der Waals surface area contributed by atoms with E-state index in [2.05, 4.69) is 22.6 Å². The second kappa shape index (κ2) is 5.33. The van der Waals surface area contributed by atoms with Gasteiger partial charge in [-0.2, -0.15) is 0 Å². The smallest absolute Gasteiger partial charge is 0.151 e. The number of rotatable bonds is 2. The van der Waals surface area contributed by atoms with Crippen LogP contribution in [0.1, 0.15) is 0 Å². The molecule has 2 rings (SSSR count). The van der Waals surface area contributed by atoms with Gasteiger partial charge in [-0.05, 0) is 52.9 Å². The Morgan fingerprint density at radius 2 is 1.59 bits per heavy atom. The Kier molecular flexibility index (Phi) is 4.01. The van der Waals surface area contributed by atoms with E-state index in [1.165, 1.54) is 0 Å². The molecule has 0 heterocycles. The van der Waals surface area contributed by atoms with Crippen LogP contribution in [-0.2, 0) is 0 Å². The molecule has 0 unspecified atom stereocenters. The van der Waals surface area contributed by atoms with Crippen molar-refractivity contribution >= 4 is 51.5 Å². The van der Waals surface area contributed by atoms with Crippen LogP contribution in [0.3, 0.4) is 0 Å². The molecular formula is C12H8Cl2INO. The molecule has 0 radical (unpaired) electrons. The fraction of sp³-hybridized carbons (Fsp3) is 0. The van der Waals surface area contributed by atoms with Crippen LogP contribution in [0.25, 0.3) is 0 Å². The summed E-state index contributed by atoms with van der Waals surface area (Å²) in [7, 11) is 0. The van der Waals surface area contributed by atoms with Crippen LogP contribution in [0.4, 0.5) is 5.69 Å². The number of hydrogen-bond donors (Lipinski definition) is 1. The lowest BCUT2D eigenvalue weighted by molar-refractivity contribution is 0.485. The normalized spacial score (nSPS) is 10.3. The minimum Gasteiger partial charge on any atom is -0.455 e. The molecule has 0 spiro atoms. The molecule has 0 aromatic heterocycles. The predicted octanol–water partition coefficient (Wildman–Crippen LogP) is 4.97. The van der Waals surface area contributed by atoms with Crippen LogP contribution in [0.15, 0.2) is 36.4 Å². The highest BCUT2D eigenvalue weighted by Gasteiger charge is 2.07. The number of anilines is 1. The maximum Gasteiger partial charge on any atom is 0.151 e. The molecule has 2 aromatic rings. The van der Waals surface area contributed by atoms with Crippen LogP contribution in [0.5, 0.6) is 11.5 Å². The van der Waals surface area contributed by atoms with E-state index >= 15 is 0 Å². The van der Waals surface area contributed by atoms with Gasteiger partial charge in [-0.15, -0.1) is 0 Å². The molecule has 0 aliphatic heterocycles. The number of nitrogens with two attached hydrogens (primary N) is 1. The minimum atomic E-state index is 0.416. The molecule has 2 nitrogen and oxygen atoms in total. The van der Waals surface area contributed by atoms with E-state index in [-0.39, 0.29) is 0 Å². The predicted molar refractivity (Wildman–Crippen MR) is 80.1 cm³/mol. The van der Waals surface area contributed by atoms with E-state index in [4.69, 9.17) is 33.7 Å². The molecule has 0 aliphatic rings. The molecule has 0 fully saturated rings. The molecule has 0 amide bonds. The van der Waals surface area contributed by atoms with Gasteiger partial charge in [-0.1, -0.05) is 23.2 Å². The van der Waals surface area contributed by atoms with Gasteiger partial charge in [-0.25, -0.2) is 0 Å². The first kappa shape index (κ1) is 12.8. The summed E-state index contributed by atoms with van der Waals surface area (Å²) in [6.45, 7) is 0. The average molecular weight is 380 g/mol. The zero-order valence-electron chi connectivity index (χ0n) is 8.58. The fourth-order valence-electron chi connectivity index (χ4n) is 1.26. The highest BCUT2D eigenvalue weighted by Crippen LogP contribution is 2.35. The number of nitrogen functional groups attached to an aromatic ring is 1. The third-order valence-electron chi connectivity index (χ3n) is 2.09. The van der Waals surface area contributed by atoms with Crippen molar-refractivity contribution in [2.24, 2.45) is 0 Å². The number of halogens is 3. The van der Waals surface area contributed by atoms with Crippen molar-refractivity contribution in [1.29, 1.82) is 0 Å². The molecule has 2 aromatic carbocycles. The van der Waals surface area contributed by atoms with Gasteiger partial charge in [0.1, 0.15) is 5.75 Å². The molecule has 0 aliphatic carbocycles. The first-order valence-corrected chi connectivity index (χ1v) is 6.57. The second-order valence-electron chi connectivity index (χ2n) is 3.36. The van der Waals surface area contributed by atoms with Gasteiger partial charge in [0.05, 0.1) is 15.7 Å². The summed E-state index contributed by atoms with van der Waals surface area (Å²) in [5.41, 5.74) is 6.25. The lowest BCUT2D eigenvalue weighted by Gasteiger charge is -2.09. The summed E-state index contributed by atoms with van der Waals surface area (Å²) in [5.74, 6) is 1.20. The lowest BCUT2D eigenvalue weighted by atomic mass is 10.3. The highest BCUT2D eigenvalue weighted by atomic mass is 127. The van der Waals surface area contributed by atoms with E-state index in [9.17, 15) is 0 Å². The molecule has 88 valence electrons. The topological polar surface area (TPSA) is 35.2 Å². The summed E-state index contributed by atoms with van der Waals surface area (Å²) >= 11 is 14.0. The fourth-order valence-corrected chi connectivity index (χ4v) is 1.95. The molecule has 0 atom stereocenters. The zero-order chi connectivity index (χ0) is 12.4. The maximum absolute atomic E-state index is 5.91. The van der Waals surface area contributed by atoms with E-state index in [0.29, 0.717) is 27.2 Å². The van der Waals surface area contributed by atoms with Gasteiger partial charge >= 0.3 is 0 Å². The van der Waals surface area contributed by atoms with Crippen molar-refractivity contribution < 1.29 is 4.74 Å². The van der Waals surface area contributed by atoms with Crippen molar-refractivity contribution in [3.05, 3.63) is 50.0 Å². The largest absolute Gasteiger partial charge is 0.455 e. The monoisotopic (exact) mass is 379 g/mol. The van der Waals surface area contributed by atoms with E-state index < -0.39 is 0 Å². The Morgan fingerprint density at radius 1 is 1.00 bits per heavy atom. The van der Waals surface area contributed by atoms with Crippen LogP contribution in [0, 0.1) is 3.57 Å². The summed E-state index contributed by atoms with van der Waals surface area (Å²) < 4.78 is 6.76. The molecular weight excluding hydrogens is 372 g/mol. The first-order valence-electron chi connectivity index (χ1n) is 4.74. The lowest BCUT2D eigenvalue weighted by Crippen LogP contribution is -1.92. The van der Waals surface area contributed by atoms with Crippen molar-refractivity contribution in [1.82, 2.24) is 0 Å². The van der Waals surface area contributed by atoms with E-state index in [1.54, 1.807) is 12.1 Å². The Labute approximate surface area is 123 Å². The van der Waals surface area contributed by atoms with Crippen LogP contribution >= 0.6 is 45.8 Å². The first-order chi connectivity index (χ1) is 8.06. The van der Waals surface area contributed by atoms with Gasteiger partial charge < -0.3 is 10.5 Å². The molecule has 2 N–H and O–H groups in total. The Hall–Kier alpha value is -0.650. The van der Waals surface area contributed by atoms with Crippen molar-refractivity contribution in [2.75, 3.05) is 5.73 Å². The van der Waals surface area contributed by atoms with Gasteiger partial charge in [0.2, 0.25) is 0 Å². The molecule has 17 heavy (non-hydrogen) atoms. The number of ether oxygens (including phenoxy) is 1. The second-order valence-corrected chi connectivity index (χ2v) is 5.42. The maximum atomic E-state index is 5.91. The highest BCUT2D eigenvalue weighted by molar-refractivity contribution is 14.1. The summed E-state index contributed by atoms with van der Waals surface area (Å²) in [4.78, 5) is 0. The van der Waals surface area contributed by atoms with Gasteiger partial charge in [0.15, 0.2) is 5.75 Å². The third-order valence-corrected chi connectivity index (χ3v) is 3.54. The SMILES string of the molecule is Nc1cc(Cl)c(Cl)cc1Oc1ccc(I)cc1. The summed E-state index contributed by atoms with van der Waals surface area (Å²) in [6.07, 6.45) is 0. The minimum absolute atomic E-state index is 0.416. The van der Waals surface area contributed by atoms with Gasteiger partial charge in [0, 0.05) is 9.64 Å². The summed E-state index contributed by atoms with van der Waals surface area (Å²) in [6, 6.07) is 10.8. The molecule has 0 bridgehead atoms. The van der Waals surface area contributed by atoms with Crippen molar-refractivity contribution in [3.63, 3.8) is 0 Å². The molecule has 0 saturated heterocycles. The van der Waals surface area contributed by atoms with E-state index in [1.807, 2.05) is 24.3 Å². The quantitative estimate of drug-likeness (QED) is 0.590. The van der Waals surface area contributed by atoms with Crippen LogP contribution < -0.4 is 10.5 Å². The van der Waals surface area contributed by atoms with Gasteiger partial charge in [0.25, 0.3) is 0 Å². The molecule has 5 heteroatoms. The molecule has 0 saturated carbocycles. The van der Waals surface area contributed by atoms with Crippen LogP contribution in [0.2, 0.25) is 10.0 Å². The van der Waals surface area contributed by atoms with Crippen LogP contribution in [-0.4, -0.2) is 0 Å². The zero-order valence-corrected chi connectivity index (χ0v) is 12.3. The van der Waals surface area contributed by atoms with Crippen molar-refractivity contribution in [3.8, 4) is 11.5 Å². The Morgan fingerprint density at radius 3 is 2.24 bits per heavy atom. The number of benzene rings is 2. The standard InChI is InChI=1S/C12H8Cl2INO/c13-9-5-11(16)12(6-10(9)14)17-8-3-1-7(15)2-4-8/h1-6H,16H2. The van der Waals surface area contributed by atoms with Gasteiger partial charge in [-0.3, -0.25) is 0 Å². The van der Waals surface area contributed by atoms with Crippen molar-refractivity contribution in [2.45, 2.75) is 0 Å². The summed E-state index contributed by atoms with van der Waals surface area (Å²) in [5, 5.41) is 0.834. The van der Waals surface area contributed by atoms with E-state index in [0.717, 1.165) is 3.57 Å². The number of hydrogen-bond acceptors (Lipinski definition) is 2.